The lowest BCUT2D eigenvalue weighted by Gasteiger charge is -2.18. The molecule has 1 aromatic heterocycles. The minimum absolute atomic E-state index is 0.408. The Morgan fingerprint density at radius 3 is 2.60 bits per heavy atom. The van der Waals surface area contributed by atoms with Crippen LogP contribution in [0.15, 0.2) is 35.3 Å². The molecular formula is C15H18NO8P. The van der Waals surface area contributed by atoms with E-state index in [4.69, 9.17) is 14.5 Å². The molecule has 3 rings (SSSR count). The van der Waals surface area contributed by atoms with Crippen molar-refractivity contribution in [3.05, 3.63) is 46.4 Å². The zero-order valence-electron chi connectivity index (χ0n) is 13.2. The van der Waals surface area contributed by atoms with E-state index >= 15 is 0 Å². The molecule has 1 aliphatic heterocycles. The number of hydrogen-bond donors (Lipinski definition) is 4. The number of hydrogen-bond acceptors (Lipinski definition) is 6. The number of aryl methyl sites for hydroxylation is 1. The van der Waals surface area contributed by atoms with E-state index in [-0.39, 0.29) is 0 Å². The Kier molecular flexibility index (Phi) is 4.82. The van der Waals surface area contributed by atoms with Crippen molar-refractivity contribution < 1.29 is 33.8 Å². The first-order valence-corrected chi connectivity index (χ1v) is 9.04. The summed E-state index contributed by atoms with van der Waals surface area (Å²) < 4.78 is 21.7. The fourth-order valence-electron chi connectivity index (χ4n) is 2.92. The number of fused-ring (bicyclic) bond motifs is 1. The third-order valence-corrected chi connectivity index (χ3v) is 4.69. The molecule has 1 saturated heterocycles. The normalized spacial score (nSPS) is 27.1. The first-order valence-electron chi connectivity index (χ1n) is 7.51. The molecule has 1 aliphatic rings. The topological polar surface area (TPSA) is 138 Å². The summed E-state index contributed by atoms with van der Waals surface area (Å²) in [7, 11) is -4.75. The zero-order chi connectivity index (χ0) is 18.4. The Hall–Kier alpha value is -1.58. The maximum Gasteiger partial charge on any atom is 0.469 e. The van der Waals surface area contributed by atoms with Crippen LogP contribution in [0.3, 0.4) is 0 Å². The van der Waals surface area contributed by atoms with Gasteiger partial charge in [-0.05, 0) is 30.0 Å². The van der Waals surface area contributed by atoms with Gasteiger partial charge in [-0.25, -0.2) is 4.57 Å². The summed E-state index contributed by atoms with van der Waals surface area (Å²) in [5.74, 6) is 0. The second-order valence-corrected chi connectivity index (χ2v) is 7.14. The van der Waals surface area contributed by atoms with Crippen molar-refractivity contribution in [1.82, 2.24) is 4.57 Å². The molecule has 0 bridgehead atoms. The van der Waals surface area contributed by atoms with Gasteiger partial charge in [-0.15, -0.1) is 0 Å². The molecule has 9 nitrogen and oxygen atoms in total. The van der Waals surface area contributed by atoms with E-state index < -0.39 is 44.5 Å². The van der Waals surface area contributed by atoms with E-state index in [9.17, 15) is 19.6 Å². The summed E-state index contributed by atoms with van der Waals surface area (Å²) in [5, 5.41) is 21.4. The molecule has 4 atom stereocenters. The molecule has 0 aliphatic carbocycles. The summed E-state index contributed by atoms with van der Waals surface area (Å²) >= 11 is 0. The Balaban J connectivity index is 1.92. The van der Waals surface area contributed by atoms with Gasteiger partial charge in [0.05, 0.1) is 6.61 Å². The van der Waals surface area contributed by atoms with Crippen molar-refractivity contribution in [2.45, 2.75) is 31.5 Å². The van der Waals surface area contributed by atoms with Gasteiger partial charge in [0.15, 0.2) is 6.23 Å². The summed E-state index contributed by atoms with van der Waals surface area (Å²) in [6.07, 6.45) is -3.85. The lowest BCUT2D eigenvalue weighted by atomic mass is 10.1. The van der Waals surface area contributed by atoms with Crippen LogP contribution in [0.4, 0.5) is 0 Å². The first kappa shape index (κ1) is 18.2. The molecule has 0 unspecified atom stereocenters. The van der Waals surface area contributed by atoms with Crippen LogP contribution >= 0.6 is 7.82 Å². The van der Waals surface area contributed by atoms with Crippen LogP contribution in [-0.4, -0.2) is 49.5 Å². The molecule has 4 N–H and O–H groups in total. The van der Waals surface area contributed by atoms with Crippen molar-refractivity contribution in [1.29, 1.82) is 0 Å². The number of rotatable bonds is 4. The molecule has 2 aromatic rings. The van der Waals surface area contributed by atoms with E-state index in [0.717, 1.165) is 15.5 Å². The summed E-state index contributed by atoms with van der Waals surface area (Å²) in [6.45, 7) is 1.24. The van der Waals surface area contributed by atoms with Crippen molar-refractivity contribution >= 4 is 18.6 Å². The highest BCUT2D eigenvalue weighted by Crippen LogP contribution is 2.38. The molecule has 10 heteroatoms. The zero-order valence-corrected chi connectivity index (χ0v) is 14.1. The number of phosphoric acid groups is 1. The van der Waals surface area contributed by atoms with E-state index in [1.807, 2.05) is 13.0 Å². The number of aliphatic hydroxyl groups is 2. The average Bonchev–Trinajstić information content (AvgIpc) is 2.82. The number of ether oxygens (including phenoxy) is 1. The van der Waals surface area contributed by atoms with Crippen molar-refractivity contribution in [3.63, 3.8) is 0 Å². The molecule has 25 heavy (non-hydrogen) atoms. The van der Waals surface area contributed by atoms with Gasteiger partial charge in [0.25, 0.3) is 5.56 Å². The smallest absolute Gasteiger partial charge is 0.387 e. The van der Waals surface area contributed by atoms with E-state index in [2.05, 4.69) is 4.52 Å². The molecule has 1 fully saturated rings. The van der Waals surface area contributed by atoms with Crippen LogP contribution in [0.2, 0.25) is 0 Å². The minimum atomic E-state index is -4.75. The SMILES string of the molecule is Cc1cccc2c(=O)n([C@@H]3O[C@H](COP(=O)(O)O)[C@H](O)[C@H]3O)ccc12. The van der Waals surface area contributed by atoms with Crippen LogP contribution in [0.1, 0.15) is 11.8 Å². The second-order valence-electron chi connectivity index (χ2n) is 5.90. The molecule has 1 aromatic carbocycles. The number of phosphoric ester groups is 1. The fraction of sp³-hybridized carbons (Fsp3) is 0.400. The van der Waals surface area contributed by atoms with Gasteiger partial charge in [-0.3, -0.25) is 13.9 Å². The van der Waals surface area contributed by atoms with Crippen molar-refractivity contribution in [2.24, 2.45) is 0 Å². The lowest BCUT2D eigenvalue weighted by Crippen LogP contribution is -2.35. The Bertz CT molecular complexity index is 891. The largest absolute Gasteiger partial charge is 0.469 e. The monoisotopic (exact) mass is 371 g/mol. The van der Waals surface area contributed by atoms with E-state index in [1.54, 1.807) is 18.2 Å². The van der Waals surface area contributed by atoms with Crippen molar-refractivity contribution in [2.75, 3.05) is 6.61 Å². The van der Waals surface area contributed by atoms with Gasteiger partial charge >= 0.3 is 7.82 Å². The quantitative estimate of drug-likeness (QED) is 0.553. The second kappa shape index (κ2) is 6.62. The van der Waals surface area contributed by atoms with E-state index in [0.29, 0.717) is 5.39 Å². The molecule has 2 heterocycles. The Morgan fingerprint density at radius 2 is 1.92 bits per heavy atom. The van der Waals surface area contributed by atoms with Crippen molar-refractivity contribution in [3.8, 4) is 0 Å². The molecule has 0 spiro atoms. The third-order valence-electron chi connectivity index (χ3n) is 4.21. The number of aliphatic hydroxyl groups excluding tert-OH is 2. The molecular weight excluding hydrogens is 353 g/mol. The maximum absolute atomic E-state index is 12.7. The van der Waals surface area contributed by atoms with Gasteiger partial charge < -0.3 is 24.7 Å². The van der Waals surface area contributed by atoms with Crippen LogP contribution in [-0.2, 0) is 13.8 Å². The summed E-state index contributed by atoms with van der Waals surface area (Å²) in [6, 6.07) is 6.95. The summed E-state index contributed by atoms with van der Waals surface area (Å²) in [5.41, 5.74) is 0.511. The fourth-order valence-corrected chi connectivity index (χ4v) is 3.26. The van der Waals surface area contributed by atoms with Crippen LogP contribution in [0.5, 0.6) is 0 Å². The molecule has 0 amide bonds. The van der Waals surface area contributed by atoms with Gasteiger partial charge in [-0.1, -0.05) is 12.1 Å². The Labute approximate surface area is 142 Å². The highest BCUT2D eigenvalue weighted by Gasteiger charge is 2.44. The van der Waals surface area contributed by atoms with E-state index in [1.165, 1.54) is 6.20 Å². The van der Waals surface area contributed by atoms with Gasteiger partial charge in [-0.2, -0.15) is 0 Å². The number of aromatic nitrogens is 1. The molecule has 0 saturated carbocycles. The lowest BCUT2D eigenvalue weighted by molar-refractivity contribution is -0.0534. The predicted octanol–water partition coefficient (Wildman–Crippen LogP) is 0.0384. The summed E-state index contributed by atoms with van der Waals surface area (Å²) in [4.78, 5) is 30.1. The maximum atomic E-state index is 12.7. The highest BCUT2D eigenvalue weighted by molar-refractivity contribution is 7.46. The number of nitrogens with zero attached hydrogens (tertiary/aromatic N) is 1. The highest BCUT2D eigenvalue weighted by atomic mass is 31.2. The number of pyridine rings is 1. The van der Waals surface area contributed by atoms with Gasteiger partial charge in [0, 0.05) is 11.6 Å². The van der Waals surface area contributed by atoms with Gasteiger partial charge in [0.1, 0.15) is 18.3 Å². The van der Waals surface area contributed by atoms with Crippen LogP contribution in [0.25, 0.3) is 10.8 Å². The minimum Gasteiger partial charge on any atom is -0.387 e. The molecule has 0 radical (unpaired) electrons. The molecule has 136 valence electrons. The average molecular weight is 371 g/mol. The van der Waals surface area contributed by atoms with Crippen LogP contribution < -0.4 is 5.56 Å². The number of benzene rings is 1. The standard InChI is InChI=1S/C15H18NO8P/c1-8-3-2-4-10-9(8)5-6-16(14(10)19)15-13(18)12(17)11(24-15)7-23-25(20,21)22/h2-6,11-13,15,17-18H,7H2,1H3,(H2,20,21,22)/t11-,12+,13-,15-/m1/s1. The predicted molar refractivity (Wildman–Crippen MR) is 86.9 cm³/mol. The van der Waals surface area contributed by atoms with Gasteiger partial charge in [0.2, 0.25) is 0 Å². The third kappa shape index (κ3) is 3.54. The first-order chi connectivity index (χ1) is 11.7. The van der Waals surface area contributed by atoms with Crippen LogP contribution in [0, 0.1) is 6.92 Å². The Morgan fingerprint density at radius 1 is 1.20 bits per heavy atom.